The normalized spacial score (nSPS) is 28.9. The molecule has 1 fully saturated rings. The van der Waals surface area contributed by atoms with Crippen molar-refractivity contribution in [1.29, 1.82) is 0 Å². The highest BCUT2D eigenvalue weighted by Gasteiger charge is 2.34. The first-order valence-electron chi connectivity index (χ1n) is 8.09. The largest absolute Gasteiger partial charge is 0.493 e. The van der Waals surface area contributed by atoms with Crippen molar-refractivity contribution in [3.63, 3.8) is 0 Å². The number of para-hydroxylation sites is 1. The number of rotatable bonds is 1. The number of benzene rings is 1. The monoisotopic (exact) mass is 302 g/mol. The molecule has 2 atom stereocenters. The zero-order chi connectivity index (χ0) is 14.1. The summed E-state index contributed by atoms with van der Waals surface area (Å²) in [5.74, 6) is 2.64. The van der Waals surface area contributed by atoms with Crippen LogP contribution in [-0.4, -0.2) is 23.6 Å². The van der Waals surface area contributed by atoms with E-state index < -0.39 is 0 Å². The van der Waals surface area contributed by atoms with E-state index in [9.17, 15) is 0 Å². The summed E-state index contributed by atoms with van der Waals surface area (Å²) in [6.45, 7) is 0.800. The van der Waals surface area contributed by atoms with Crippen LogP contribution in [0, 0.1) is 5.92 Å². The van der Waals surface area contributed by atoms with E-state index in [2.05, 4.69) is 23.5 Å². The van der Waals surface area contributed by atoms with Crippen LogP contribution in [-0.2, 0) is 0 Å². The molecule has 0 spiro atoms. The molecule has 2 heterocycles. The van der Waals surface area contributed by atoms with Gasteiger partial charge in [-0.1, -0.05) is 49.2 Å². The molecule has 112 valence electrons. The van der Waals surface area contributed by atoms with Gasteiger partial charge in [-0.15, -0.1) is 0 Å². The molecule has 0 aromatic heterocycles. The molecule has 1 aromatic rings. The van der Waals surface area contributed by atoms with E-state index in [0.29, 0.717) is 12.0 Å². The maximum atomic E-state index is 5.88. The van der Waals surface area contributed by atoms with Crippen molar-refractivity contribution in [2.45, 2.75) is 44.2 Å². The summed E-state index contributed by atoms with van der Waals surface area (Å²) in [5.41, 5.74) is 1.26. The van der Waals surface area contributed by atoms with Crippen LogP contribution in [0.15, 0.2) is 29.3 Å². The van der Waals surface area contributed by atoms with Crippen molar-refractivity contribution in [3.8, 4) is 5.75 Å². The third-order valence-corrected chi connectivity index (χ3v) is 5.85. The Morgan fingerprint density at radius 3 is 2.90 bits per heavy atom. The highest BCUT2D eigenvalue weighted by atomic mass is 32.2. The Bertz CT molecular complexity index is 539. The molecule has 1 aliphatic carbocycles. The zero-order valence-electron chi connectivity index (χ0n) is 12.3. The van der Waals surface area contributed by atoms with Crippen LogP contribution in [0.1, 0.15) is 43.7 Å². The van der Waals surface area contributed by atoms with E-state index >= 15 is 0 Å². The van der Waals surface area contributed by atoms with E-state index in [1.807, 2.05) is 17.8 Å². The molecule has 1 N–H and O–H groups in total. The fraction of sp³-hybridized carbons (Fsp3) is 0.588. The lowest BCUT2D eigenvalue weighted by atomic mass is 9.92. The maximum Gasteiger partial charge on any atom is 0.157 e. The summed E-state index contributed by atoms with van der Waals surface area (Å²) >= 11 is 1.88. The van der Waals surface area contributed by atoms with Crippen molar-refractivity contribution in [2.24, 2.45) is 10.9 Å². The second-order valence-electron chi connectivity index (χ2n) is 6.28. The number of fused-ring (bicyclic) bond motifs is 3. The minimum Gasteiger partial charge on any atom is -0.493 e. The van der Waals surface area contributed by atoms with Gasteiger partial charge in [0, 0.05) is 23.3 Å². The van der Waals surface area contributed by atoms with Crippen LogP contribution in [0.2, 0.25) is 0 Å². The molecule has 3 aliphatic rings. The molecule has 0 unspecified atom stereocenters. The summed E-state index contributed by atoms with van der Waals surface area (Å²) in [6, 6.07) is 9.29. The third kappa shape index (κ3) is 2.78. The average molecular weight is 302 g/mol. The Morgan fingerprint density at radius 1 is 1.14 bits per heavy atom. The van der Waals surface area contributed by atoms with Crippen molar-refractivity contribution in [1.82, 2.24) is 5.32 Å². The molecule has 0 amide bonds. The van der Waals surface area contributed by atoms with Crippen LogP contribution >= 0.6 is 11.8 Å². The van der Waals surface area contributed by atoms with Gasteiger partial charge < -0.3 is 10.1 Å². The second-order valence-corrected chi connectivity index (χ2v) is 7.29. The van der Waals surface area contributed by atoms with Gasteiger partial charge in [0.25, 0.3) is 0 Å². The fourth-order valence-corrected chi connectivity index (χ4v) is 4.65. The van der Waals surface area contributed by atoms with Crippen LogP contribution in [0.25, 0.3) is 0 Å². The zero-order valence-corrected chi connectivity index (χ0v) is 13.1. The summed E-state index contributed by atoms with van der Waals surface area (Å²) in [6.07, 6.45) is 6.71. The predicted octanol–water partition coefficient (Wildman–Crippen LogP) is 3.76. The molecule has 1 aromatic carbocycles. The number of aliphatic imine (C=N–C) groups is 1. The average Bonchev–Trinajstić information content (AvgIpc) is 2.56. The lowest BCUT2D eigenvalue weighted by Gasteiger charge is -2.35. The quantitative estimate of drug-likeness (QED) is 0.857. The molecule has 4 heteroatoms. The smallest absolute Gasteiger partial charge is 0.157 e. The Labute approximate surface area is 130 Å². The minimum absolute atomic E-state index is 0.280. The first kappa shape index (κ1) is 13.5. The summed E-state index contributed by atoms with van der Waals surface area (Å²) in [7, 11) is 0. The van der Waals surface area contributed by atoms with E-state index in [1.54, 1.807) is 0 Å². The van der Waals surface area contributed by atoms with Gasteiger partial charge in [0.15, 0.2) is 5.17 Å². The lowest BCUT2D eigenvalue weighted by Crippen LogP contribution is -2.39. The number of nitrogens with one attached hydrogen (secondary N) is 1. The van der Waals surface area contributed by atoms with E-state index in [4.69, 9.17) is 9.73 Å². The van der Waals surface area contributed by atoms with Crippen LogP contribution in [0.3, 0.4) is 0 Å². The van der Waals surface area contributed by atoms with Gasteiger partial charge in [0.1, 0.15) is 5.75 Å². The number of ether oxygens (including phenoxy) is 1. The van der Waals surface area contributed by atoms with Gasteiger partial charge in [-0.05, 0) is 18.9 Å². The molecule has 0 bridgehead atoms. The molecule has 4 rings (SSSR count). The number of hydrogen-bond donors (Lipinski definition) is 1. The van der Waals surface area contributed by atoms with Crippen molar-refractivity contribution in [3.05, 3.63) is 29.8 Å². The highest BCUT2D eigenvalue weighted by molar-refractivity contribution is 8.13. The van der Waals surface area contributed by atoms with Gasteiger partial charge in [-0.2, -0.15) is 0 Å². The van der Waals surface area contributed by atoms with Crippen molar-refractivity contribution < 1.29 is 4.74 Å². The van der Waals surface area contributed by atoms with Gasteiger partial charge in [-0.25, -0.2) is 0 Å². The molecular weight excluding hydrogens is 280 g/mol. The maximum absolute atomic E-state index is 5.88. The number of nitrogens with zero attached hydrogens (tertiary/aromatic N) is 1. The molecule has 3 nitrogen and oxygen atoms in total. The predicted molar refractivity (Wildman–Crippen MR) is 88.1 cm³/mol. The SMILES string of the molecule is c1ccc2c(c1)OC[C@@H]1CSC(NC3CCCCC3)=N[C@@H]21. The van der Waals surface area contributed by atoms with Gasteiger partial charge in [-0.3, -0.25) is 4.99 Å². The highest BCUT2D eigenvalue weighted by Crippen LogP contribution is 2.42. The molecule has 0 radical (unpaired) electrons. The summed E-state index contributed by atoms with van der Waals surface area (Å²) in [4.78, 5) is 5.03. The minimum atomic E-state index is 0.280. The topological polar surface area (TPSA) is 33.6 Å². The van der Waals surface area contributed by atoms with Crippen LogP contribution in [0.4, 0.5) is 0 Å². The molecule has 21 heavy (non-hydrogen) atoms. The van der Waals surface area contributed by atoms with Gasteiger partial charge in [0.05, 0.1) is 12.6 Å². The van der Waals surface area contributed by atoms with E-state index in [0.717, 1.165) is 23.3 Å². The Hall–Kier alpha value is -1.16. The number of thioether (sulfide) groups is 1. The van der Waals surface area contributed by atoms with E-state index in [1.165, 1.54) is 37.7 Å². The Balaban J connectivity index is 1.54. The van der Waals surface area contributed by atoms with Crippen molar-refractivity contribution >= 4 is 16.9 Å². The fourth-order valence-electron chi connectivity index (χ4n) is 3.56. The lowest BCUT2D eigenvalue weighted by molar-refractivity contribution is 0.210. The van der Waals surface area contributed by atoms with Gasteiger partial charge in [0.2, 0.25) is 0 Å². The summed E-state index contributed by atoms with van der Waals surface area (Å²) in [5, 5.41) is 4.85. The summed E-state index contributed by atoms with van der Waals surface area (Å²) < 4.78 is 5.88. The molecular formula is C17H22N2OS. The molecule has 1 saturated carbocycles. The van der Waals surface area contributed by atoms with Crippen LogP contribution in [0.5, 0.6) is 5.75 Å². The molecule has 0 saturated heterocycles. The Kier molecular flexibility index (Phi) is 3.80. The standard InChI is InChI=1S/C17H22N2OS/c1-2-6-13(7-3-1)18-17-19-16-12(11-21-17)10-20-15-9-5-4-8-14(15)16/h4-5,8-9,12-13,16H,1-3,6-7,10-11H2,(H,18,19)/t12-,16-/m1/s1. The number of amidine groups is 1. The third-order valence-electron chi connectivity index (χ3n) is 4.76. The first-order chi connectivity index (χ1) is 10.4. The van der Waals surface area contributed by atoms with Crippen molar-refractivity contribution in [2.75, 3.05) is 12.4 Å². The molecule has 2 aliphatic heterocycles. The second kappa shape index (κ2) is 5.91. The first-order valence-corrected chi connectivity index (χ1v) is 9.07. The number of hydrogen-bond acceptors (Lipinski definition) is 4. The Morgan fingerprint density at radius 2 is 2.00 bits per heavy atom. The van der Waals surface area contributed by atoms with E-state index in [-0.39, 0.29) is 6.04 Å². The van der Waals surface area contributed by atoms with Gasteiger partial charge >= 0.3 is 0 Å². The van der Waals surface area contributed by atoms with Crippen LogP contribution < -0.4 is 10.1 Å².